The highest BCUT2D eigenvalue weighted by Crippen LogP contribution is 2.19. The molecular formula is C12H18Cl2N2O. The molecule has 0 aromatic heterocycles. The first-order valence-corrected chi connectivity index (χ1v) is 6.68. The average molecular weight is 277 g/mol. The first-order chi connectivity index (χ1) is 8.31. The number of nitrogens with zero attached hydrogens (tertiary/aromatic N) is 1. The molecule has 2 N–H and O–H groups in total. The van der Waals surface area contributed by atoms with Crippen LogP contribution in [-0.4, -0.2) is 38.0 Å². The van der Waals surface area contributed by atoms with Gasteiger partial charge in [0.1, 0.15) is 12.4 Å². The Morgan fingerprint density at radius 3 is 2.12 bits per heavy atom. The van der Waals surface area contributed by atoms with Crippen LogP contribution in [0.15, 0.2) is 24.3 Å². The lowest BCUT2D eigenvalue weighted by atomic mass is 10.2. The summed E-state index contributed by atoms with van der Waals surface area (Å²) in [5.74, 6) is 2.00. The van der Waals surface area contributed by atoms with Gasteiger partial charge in [0.05, 0.1) is 0 Å². The molecule has 96 valence electrons. The highest BCUT2D eigenvalue weighted by Gasteiger charge is 2.05. The van der Waals surface area contributed by atoms with Crippen LogP contribution in [0.4, 0.5) is 5.69 Å². The van der Waals surface area contributed by atoms with Gasteiger partial charge < -0.3 is 15.4 Å². The quantitative estimate of drug-likeness (QED) is 0.741. The summed E-state index contributed by atoms with van der Waals surface area (Å²) in [6, 6.07) is 7.87. The van der Waals surface area contributed by atoms with Crippen molar-refractivity contribution in [3.63, 3.8) is 0 Å². The molecule has 0 aliphatic heterocycles. The molecule has 0 spiro atoms. The summed E-state index contributed by atoms with van der Waals surface area (Å²) in [6.07, 6.45) is 0. The largest absolute Gasteiger partial charge is 0.492 e. The Labute approximate surface area is 112 Å². The van der Waals surface area contributed by atoms with E-state index >= 15 is 0 Å². The van der Waals surface area contributed by atoms with Crippen molar-refractivity contribution in [2.75, 3.05) is 42.9 Å². The van der Waals surface area contributed by atoms with Gasteiger partial charge in [0.25, 0.3) is 0 Å². The smallest absolute Gasteiger partial charge is 0.119 e. The van der Waals surface area contributed by atoms with Crippen molar-refractivity contribution in [1.82, 2.24) is 0 Å². The molecule has 0 radical (unpaired) electrons. The maximum atomic E-state index is 5.76. The number of ether oxygens (including phenoxy) is 1. The summed E-state index contributed by atoms with van der Waals surface area (Å²) in [5.41, 5.74) is 6.47. The third-order valence-corrected chi connectivity index (χ3v) is 2.64. The minimum absolute atomic E-state index is 0.520. The number of hydrogen-bond donors (Lipinski definition) is 1. The Balaban J connectivity index is 2.63. The minimum atomic E-state index is 0.520. The fraction of sp³-hybridized carbons (Fsp3) is 0.500. The molecular weight excluding hydrogens is 259 g/mol. The molecule has 1 aromatic carbocycles. The number of alkyl halides is 2. The first kappa shape index (κ1) is 14.4. The molecule has 0 amide bonds. The summed E-state index contributed by atoms with van der Waals surface area (Å²) in [6.45, 7) is 2.63. The van der Waals surface area contributed by atoms with E-state index in [0.717, 1.165) is 24.5 Å². The maximum Gasteiger partial charge on any atom is 0.119 e. The van der Waals surface area contributed by atoms with Crippen molar-refractivity contribution in [3.05, 3.63) is 24.3 Å². The summed E-state index contributed by atoms with van der Waals surface area (Å²) < 4.78 is 5.41. The fourth-order valence-electron chi connectivity index (χ4n) is 1.50. The summed E-state index contributed by atoms with van der Waals surface area (Å²) in [5, 5.41) is 0. The second-order valence-corrected chi connectivity index (χ2v) is 4.25. The van der Waals surface area contributed by atoms with Gasteiger partial charge in [-0.3, -0.25) is 0 Å². The zero-order valence-electron chi connectivity index (χ0n) is 9.74. The number of halogens is 2. The van der Waals surface area contributed by atoms with Crippen LogP contribution in [0.2, 0.25) is 0 Å². The van der Waals surface area contributed by atoms with Gasteiger partial charge in [-0.05, 0) is 24.3 Å². The Morgan fingerprint density at radius 2 is 1.65 bits per heavy atom. The van der Waals surface area contributed by atoms with Crippen LogP contribution in [-0.2, 0) is 0 Å². The third-order valence-electron chi connectivity index (χ3n) is 2.30. The van der Waals surface area contributed by atoms with Gasteiger partial charge in [-0.2, -0.15) is 0 Å². The zero-order chi connectivity index (χ0) is 12.5. The lowest BCUT2D eigenvalue weighted by Crippen LogP contribution is -2.27. The second-order valence-electron chi connectivity index (χ2n) is 3.50. The molecule has 0 aliphatic rings. The Kier molecular flexibility index (Phi) is 7.17. The zero-order valence-corrected chi connectivity index (χ0v) is 11.3. The molecule has 0 aliphatic carbocycles. The predicted molar refractivity (Wildman–Crippen MR) is 74.6 cm³/mol. The summed E-state index contributed by atoms with van der Waals surface area (Å²) in [7, 11) is 0. The van der Waals surface area contributed by atoms with Crippen LogP contribution in [0.25, 0.3) is 0 Å². The molecule has 0 unspecified atom stereocenters. The van der Waals surface area contributed by atoms with E-state index in [0.29, 0.717) is 24.9 Å². The third kappa shape index (κ3) is 5.02. The molecule has 1 rings (SSSR count). The standard InChI is InChI=1S/C12H18Cl2N2O/c13-5-8-16(9-6-14)11-1-3-12(4-2-11)17-10-7-15/h1-4H,5-10,15H2. The Hall–Kier alpha value is -0.640. The molecule has 0 heterocycles. The normalized spacial score (nSPS) is 10.3. The number of anilines is 1. The molecule has 0 saturated carbocycles. The first-order valence-electron chi connectivity index (χ1n) is 5.61. The molecule has 0 saturated heterocycles. The molecule has 1 aromatic rings. The van der Waals surface area contributed by atoms with Gasteiger partial charge >= 0.3 is 0 Å². The van der Waals surface area contributed by atoms with Crippen LogP contribution < -0.4 is 15.4 Å². The van der Waals surface area contributed by atoms with E-state index in [-0.39, 0.29) is 0 Å². The summed E-state index contributed by atoms with van der Waals surface area (Å²) >= 11 is 11.5. The fourth-order valence-corrected chi connectivity index (χ4v) is 1.91. The van der Waals surface area contributed by atoms with Crippen LogP contribution in [0.5, 0.6) is 5.75 Å². The number of nitrogens with two attached hydrogens (primary N) is 1. The Bertz CT molecular complexity index is 300. The average Bonchev–Trinajstić information content (AvgIpc) is 2.37. The van der Waals surface area contributed by atoms with Gasteiger partial charge in [-0.25, -0.2) is 0 Å². The Morgan fingerprint density at radius 1 is 1.06 bits per heavy atom. The number of hydrogen-bond acceptors (Lipinski definition) is 3. The molecule has 0 fully saturated rings. The van der Waals surface area contributed by atoms with Crippen LogP contribution in [0, 0.1) is 0 Å². The van der Waals surface area contributed by atoms with Crippen molar-refractivity contribution >= 4 is 28.9 Å². The van der Waals surface area contributed by atoms with Crippen molar-refractivity contribution < 1.29 is 4.74 Å². The van der Waals surface area contributed by atoms with Crippen LogP contribution in [0.1, 0.15) is 0 Å². The van der Waals surface area contributed by atoms with E-state index in [1.807, 2.05) is 24.3 Å². The van der Waals surface area contributed by atoms with Crippen molar-refractivity contribution in [2.24, 2.45) is 5.73 Å². The van der Waals surface area contributed by atoms with Gasteiger partial charge in [-0.1, -0.05) is 0 Å². The van der Waals surface area contributed by atoms with E-state index in [1.54, 1.807) is 0 Å². The predicted octanol–water partition coefficient (Wildman–Crippen LogP) is 2.31. The van der Waals surface area contributed by atoms with Gasteiger partial charge in [0.2, 0.25) is 0 Å². The monoisotopic (exact) mass is 276 g/mol. The van der Waals surface area contributed by atoms with Crippen molar-refractivity contribution in [1.29, 1.82) is 0 Å². The molecule has 0 atom stereocenters. The van der Waals surface area contributed by atoms with Crippen LogP contribution in [0.3, 0.4) is 0 Å². The lowest BCUT2D eigenvalue weighted by molar-refractivity contribution is 0.328. The van der Waals surface area contributed by atoms with E-state index < -0.39 is 0 Å². The van der Waals surface area contributed by atoms with E-state index in [2.05, 4.69) is 4.90 Å². The molecule has 0 bridgehead atoms. The number of rotatable bonds is 8. The highest BCUT2D eigenvalue weighted by molar-refractivity contribution is 6.18. The van der Waals surface area contributed by atoms with Gasteiger partial charge in [-0.15, -0.1) is 23.2 Å². The lowest BCUT2D eigenvalue weighted by Gasteiger charge is -2.23. The summed E-state index contributed by atoms with van der Waals surface area (Å²) in [4.78, 5) is 2.15. The SMILES string of the molecule is NCCOc1ccc(N(CCCl)CCCl)cc1. The molecule has 17 heavy (non-hydrogen) atoms. The molecule has 3 nitrogen and oxygen atoms in total. The van der Waals surface area contributed by atoms with E-state index in [1.165, 1.54) is 0 Å². The molecule has 5 heteroatoms. The number of benzene rings is 1. The minimum Gasteiger partial charge on any atom is -0.492 e. The van der Waals surface area contributed by atoms with Crippen LogP contribution >= 0.6 is 23.2 Å². The second kappa shape index (κ2) is 8.45. The van der Waals surface area contributed by atoms with Gasteiger partial charge in [0.15, 0.2) is 0 Å². The van der Waals surface area contributed by atoms with Gasteiger partial charge in [0, 0.05) is 37.1 Å². The topological polar surface area (TPSA) is 38.5 Å². The highest BCUT2D eigenvalue weighted by atomic mass is 35.5. The van der Waals surface area contributed by atoms with E-state index in [9.17, 15) is 0 Å². The van der Waals surface area contributed by atoms with E-state index in [4.69, 9.17) is 33.7 Å². The van der Waals surface area contributed by atoms with Crippen molar-refractivity contribution in [2.45, 2.75) is 0 Å². The van der Waals surface area contributed by atoms with Crippen molar-refractivity contribution in [3.8, 4) is 5.75 Å². The maximum absolute atomic E-state index is 5.76.